The van der Waals surface area contributed by atoms with Crippen LogP contribution >= 0.6 is 0 Å². The Morgan fingerprint density at radius 2 is 2.38 bits per heavy atom. The first-order valence-electron chi connectivity index (χ1n) is 5.81. The highest BCUT2D eigenvalue weighted by atomic mass is 16.5. The molecule has 1 aromatic heterocycles. The molecule has 16 heavy (non-hydrogen) atoms. The van der Waals surface area contributed by atoms with E-state index in [4.69, 9.17) is 9.26 Å². The summed E-state index contributed by atoms with van der Waals surface area (Å²) in [6.07, 6.45) is 1.21. The Balaban J connectivity index is 2.06. The molecule has 0 aliphatic carbocycles. The lowest BCUT2D eigenvalue weighted by atomic mass is 10.0. The SMILES string of the molecule is CCC(O)C(C)c1nc(C2CCOC2)no1. The maximum atomic E-state index is 9.70. The van der Waals surface area contributed by atoms with Gasteiger partial charge in [-0.1, -0.05) is 19.0 Å². The van der Waals surface area contributed by atoms with E-state index < -0.39 is 6.10 Å². The standard InChI is InChI=1S/C11H18N2O3/c1-3-9(14)7(2)11-12-10(13-16-11)8-4-5-15-6-8/h7-9,14H,3-6H2,1-2H3. The fourth-order valence-electron chi connectivity index (χ4n) is 1.85. The Labute approximate surface area is 94.8 Å². The molecule has 0 radical (unpaired) electrons. The molecule has 0 spiro atoms. The van der Waals surface area contributed by atoms with E-state index in [9.17, 15) is 5.11 Å². The van der Waals surface area contributed by atoms with Gasteiger partial charge in [0.05, 0.1) is 18.6 Å². The van der Waals surface area contributed by atoms with Crippen LogP contribution in [0.25, 0.3) is 0 Å². The van der Waals surface area contributed by atoms with E-state index in [2.05, 4.69) is 10.1 Å². The monoisotopic (exact) mass is 226 g/mol. The molecule has 1 N–H and O–H groups in total. The molecule has 1 aliphatic rings. The van der Waals surface area contributed by atoms with E-state index >= 15 is 0 Å². The Morgan fingerprint density at radius 3 is 3.00 bits per heavy atom. The van der Waals surface area contributed by atoms with Crippen LogP contribution in [0.3, 0.4) is 0 Å². The number of hydrogen-bond donors (Lipinski definition) is 1. The zero-order chi connectivity index (χ0) is 11.5. The minimum Gasteiger partial charge on any atom is -0.392 e. The quantitative estimate of drug-likeness (QED) is 0.841. The normalized spacial score (nSPS) is 24.6. The van der Waals surface area contributed by atoms with E-state index in [1.807, 2.05) is 13.8 Å². The predicted molar refractivity (Wildman–Crippen MR) is 57.2 cm³/mol. The van der Waals surface area contributed by atoms with Gasteiger partial charge in [-0.15, -0.1) is 0 Å². The molecular weight excluding hydrogens is 208 g/mol. The van der Waals surface area contributed by atoms with Gasteiger partial charge in [-0.25, -0.2) is 0 Å². The first-order valence-corrected chi connectivity index (χ1v) is 5.81. The maximum Gasteiger partial charge on any atom is 0.232 e. The summed E-state index contributed by atoms with van der Waals surface area (Å²) in [7, 11) is 0. The summed E-state index contributed by atoms with van der Waals surface area (Å²) in [5.41, 5.74) is 0. The van der Waals surface area contributed by atoms with Crippen molar-refractivity contribution in [2.24, 2.45) is 0 Å². The molecule has 2 heterocycles. The summed E-state index contributed by atoms with van der Waals surface area (Å²) in [5.74, 6) is 1.39. The van der Waals surface area contributed by atoms with Crippen molar-refractivity contribution >= 4 is 0 Å². The van der Waals surface area contributed by atoms with Crippen LogP contribution in [-0.4, -0.2) is 34.6 Å². The molecule has 5 heteroatoms. The molecule has 5 nitrogen and oxygen atoms in total. The predicted octanol–water partition coefficient (Wildman–Crippen LogP) is 1.45. The first kappa shape index (κ1) is 11.5. The van der Waals surface area contributed by atoms with Crippen LogP contribution in [0.1, 0.15) is 50.2 Å². The van der Waals surface area contributed by atoms with Gasteiger partial charge in [0.2, 0.25) is 5.89 Å². The number of nitrogens with zero attached hydrogens (tertiary/aromatic N) is 2. The summed E-state index contributed by atoms with van der Waals surface area (Å²) in [4.78, 5) is 4.34. The van der Waals surface area contributed by atoms with Gasteiger partial charge in [-0.2, -0.15) is 4.98 Å². The average Bonchev–Trinajstić information content (AvgIpc) is 2.96. The molecule has 1 aliphatic heterocycles. The second kappa shape index (κ2) is 4.93. The van der Waals surface area contributed by atoms with Crippen molar-refractivity contribution in [2.45, 2.75) is 44.6 Å². The zero-order valence-electron chi connectivity index (χ0n) is 9.72. The highest BCUT2D eigenvalue weighted by Gasteiger charge is 2.26. The van der Waals surface area contributed by atoms with Crippen molar-refractivity contribution in [2.75, 3.05) is 13.2 Å². The van der Waals surface area contributed by atoms with E-state index in [0.717, 1.165) is 13.0 Å². The van der Waals surface area contributed by atoms with Crippen molar-refractivity contribution < 1.29 is 14.4 Å². The second-order valence-electron chi connectivity index (χ2n) is 4.32. The van der Waals surface area contributed by atoms with Crippen LogP contribution in [0.5, 0.6) is 0 Å². The molecule has 90 valence electrons. The lowest BCUT2D eigenvalue weighted by molar-refractivity contribution is 0.129. The van der Waals surface area contributed by atoms with Crippen molar-refractivity contribution in [3.05, 3.63) is 11.7 Å². The third-order valence-electron chi connectivity index (χ3n) is 3.14. The van der Waals surface area contributed by atoms with E-state index in [1.54, 1.807) is 0 Å². The minimum atomic E-state index is -0.423. The maximum absolute atomic E-state index is 9.70. The second-order valence-corrected chi connectivity index (χ2v) is 4.32. The number of aromatic nitrogens is 2. The van der Waals surface area contributed by atoms with Gasteiger partial charge in [0, 0.05) is 12.5 Å². The van der Waals surface area contributed by atoms with Gasteiger partial charge in [0.1, 0.15) is 0 Å². The van der Waals surface area contributed by atoms with Gasteiger partial charge < -0.3 is 14.4 Å². The van der Waals surface area contributed by atoms with Crippen molar-refractivity contribution in [3.8, 4) is 0 Å². The highest BCUT2D eigenvalue weighted by Crippen LogP contribution is 2.25. The van der Waals surface area contributed by atoms with Crippen LogP contribution in [-0.2, 0) is 4.74 Å². The summed E-state index contributed by atoms with van der Waals surface area (Å²) >= 11 is 0. The molecule has 0 saturated carbocycles. The van der Waals surface area contributed by atoms with Crippen LogP contribution in [0.15, 0.2) is 4.52 Å². The average molecular weight is 226 g/mol. The van der Waals surface area contributed by atoms with Gasteiger partial charge in [0.15, 0.2) is 5.82 Å². The summed E-state index contributed by atoms with van der Waals surface area (Å²) < 4.78 is 10.5. The Morgan fingerprint density at radius 1 is 1.56 bits per heavy atom. The number of hydrogen-bond acceptors (Lipinski definition) is 5. The van der Waals surface area contributed by atoms with Gasteiger partial charge in [0.25, 0.3) is 0 Å². The fraction of sp³-hybridized carbons (Fsp3) is 0.818. The van der Waals surface area contributed by atoms with Crippen LogP contribution < -0.4 is 0 Å². The minimum absolute atomic E-state index is 0.103. The molecule has 1 saturated heterocycles. The Hall–Kier alpha value is -0.940. The summed E-state index contributed by atoms with van der Waals surface area (Å²) in [5, 5.41) is 13.7. The molecule has 2 rings (SSSR count). The van der Waals surface area contributed by atoms with Crippen LogP contribution in [0.2, 0.25) is 0 Å². The number of rotatable bonds is 4. The van der Waals surface area contributed by atoms with E-state index in [1.165, 1.54) is 0 Å². The molecule has 3 atom stereocenters. The summed E-state index contributed by atoms with van der Waals surface area (Å²) in [6.45, 7) is 5.27. The number of aliphatic hydroxyl groups excluding tert-OH is 1. The van der Waals surface area contributed by atoms with E-state index in [-0.39, 0.29) is 11.8 Å². The molecule has 1 fully saturated rings. The number of aliphatic hydroxyl groups is 1. The highest BCUT2D eigenvalue weighted by molar-refractivity contribution is 5.01. The van der Waals surface area contributed by atoms with Crippen LogP contribution in [0, 0.1) is 0 Å². The topological polar surface area (TPSA) is 68.4 Å². The zero-order valence-corrected chi connectivity index (χ0v) is 9.72. The third-order valence-corrected chi connectivity index (χ3v) is 3.14. The lowest BCUT2D eigenvalue weighted by Gasteiger charge is -2.11. The van der Waals surface area contributed by atoms with Crippen molar-refractivity contribution in [3.63, 3.8) is 0 Å². The lowest BCUT2D eigenvalue weighted by Crippen LogP contribution is -2.14. The molecule has 0 amide bonds. The molecule has 1 aromatic rings. The molecular formula is C11H18N2O3. The molecule has 0 bridgehead atoms. The third kappa shape index (κ3) is 2.25. The summed E-state index contributed by atoms with van der Waals surface area (Å²) in [6, 6.07) is 0. The fourth-order valence-corrected chi connectivity index (χ4v) is 1.85. The first-order chi connectivity index (χ1) is 7.72. The molecule has 3 unspecified atom stereocenters. The van der Waals surface area contributed by atoms with Gasteiger partial charge in [-0.05, 0) is 12.8 Å². The smallest absolute Gasteiger partial charge is 0.232 e. The largest absolute Gasteiger partial charge is 0.392 e. The molecule has 0 aromatic carbocycles. The van der Waals surface area contributed by atoms with Crippen molar-refractivity contribution in [1.82, 2.24) is 10.1 Å². The van der Waals surface area contributed by atoms with E-state index in [0.29, 0.717) is 24.7 Å². The Bertz CT molecular complexity index is 334. The van der Waals surface area contributed by atoms with Crippen LogP contribution in [0.4, 0.5) is 0 Å². The van der Waals surface area contributed by atoms with Crippen molar-refractivity contribution in [1.29, 1.82) is 0 Å². The van der Waals surface area contributed by atoms with Gasteiger partial charge in [-0.3, -0.25) is 0 Å². The Kier molecular flexibility index (Phi) is 3.56. The number of ether oxygens (including phenoxy) is 1. The van der Waals surface area contributed by atoms with Gasteiger partial charge >= 0.3 is 0 Å².